The van der Waals surface area contributed by atoms with Crippen molar-refractivity contribution in [2.24, 2.45) is 0 Å². The van der Waals surface area contributed by atoms with E-state index in [1.165, 1.54) is 0 Å². The number of pyridine rings is 1. The third-order valence-corrected chi connectivity index (χ3v) is 4.39. The Morgan fingerprint density at radius 3 is 2.46 bits per heavy atom. The quantitative estimate of drug-likeness (QED) is 0.866. The molecule has 0 aromatic carbocycles. The monoisotopic (exact) mass is 358 g/mol. The third kappa shape index (κ3) is 3.56. The van der Waals surface area contributed by atoms with Crippen LogP contribution in [0.2, 0.25) is 0 Å². The summed E-state index contributed by atoms with van der Waals surface area (Å²) in [7, 11) is 0. The van der Waals surface area contributed by atoms with Gasteiger partial charge in [0.25, 0.3) is 5.91 Å². The van der Waals surface area contributed by atoms with E-state index in [4.69, 9.17) is 0 Å². The van der Waals surface area contributed by atoms with Gasteiger partial charge in [-0.2, -0.15) is 13.2 Å². The molecule has 0 atom stereocenters. The molecule has 0 aliphatic carbocycles. The number of amides is 1. The van der Waals surface area contributed by atoms with Gasteiger partial charge in [0.2, 0.25) is 0 Å². The van der Waals surface area contributed by atoms with Gasteiger partial charge in [-0.1, -0.05) is 6.92 Å². The maximum absolute atomic E-state index is 12.5. The number of carbonyl (C=O) groups excluding carboxylic acids is 1. The number of carboxylic acids is 1. The SMILES string of the molecule is CCc1c(C)sc(NC(=O)c2ccc(C(F)(F)F)cn2)c1C(=O)O. The Kier molecular flexibility index (Phi) is 4.93. The minimum Gasteiger partial charge on any atom is -0.478 e. The third-order valence-electron chi connectivity index (χ3n) is 3.33. The first-order chi connectivity index (χ1) is 11.1. The second-order valence-corrected chi connectivity index (χ2v) is 6.11. The molecule has 0 bridgehead atoms. The lowest BCUT2D eigenvalue weighted by atomic mass is 10.1. The first-order valence-corrected chi connectivity index (χ1v) is 7.67. The Labute approximate surface area is 139 Å². The molecule has 2 rings (SSSR count). The zero-order chi connectivity index (χ0) is 18.1. The van der Waals surface area contributed by atoms with E-state index in [1.54, 1.807) is 13.8 Å². The maximum Gasteiger partial charge on any atom is 0.417 e. The molecular formula is C15H13F3N2O3S. The first-order valence-electron chi connectivity index (χ1n) is 6.85. The van der Waals surface area contributed by atoms with Crippen LogP contribution in [0.25, 0.3) is 0 Å². The Balaban J connectivity index is 2.29. The number of rotatable bonds is 4. The molecule has 0 fully saturated rings. The number of aromatic nitrogens is 1. The topological polar surface area (TPSA) is 79.3 Å². The molecule has 0 spiro atoms. The van der Waals surface area contributed by atoms with Crippen molar-refractivity contribution in [2.75, 3.05) is 5.32 Å². The normalized spacial score (nSPS) is 11.4. The van der Waals surface area contributed by atoms with Gasteiger partial charge in [-0.15, -0.1) is 11.3 Å². The number of hydrogen-bond donors (Lipinski definition) is 2. The lowest BCUT2D eigenvalue weighted by molar-refractivity contribution is -0.137. The highest BCUT2D eigenvalue weighted by Gasteiger charge is 2.31. The van der Waals surface area contributed by atoms with E-state index in [2.05, 4.69) is 10.3 Å². The Bertz CT molecular complexity index is 782. The Morgan fingerprint density at radius 1 is 1.33 bits per heavy atom. The number of nitrogens with one attached hydrogen (secondary N) is 1. The van der Waals surface area contributed by atoms with Gasteiger partial charge >= 0.3 is 12.1 Å². The lowest BCUT2D eigenvalue weighted by Crippen LogP contribution is -2.16. The lowest BCUT2D eigenvalue weighted by Gasteiger charge is -2.07. The average Bonchev–Trinajstić information content (AvgIpc) is 2.81. The van der Waals surface area contributed by atoms with Crippen LogP contribution in [-0.2, 0) is 12.6 Å². The fourth-order valence-corrected chi connectivity index (χ4v) is 3.31. The van der Waals surface area contributed by atoms with Crippen molar-refractivity contribution in [3.8, 4) is 0 Å². The van der Waals surface area contributed by atoms with E-state index in [-0.39, 0.29) is 16.3 Å². The van der Waals surface area contributed by atoms with E-state index >= 15 is 0 Å². The first kappa shape index (κ1) is 17.9. The smallest absolute Gasteiger partial charge is 0.417 e. The van der Waals surface area contributed by atoms with Gasteiger partial charge in [-0.3, -0.25) is 9.78 Å². The summed E-state index contributed by atoms with van der Waals surface area (Å²) in [5, 5.41) is 11.9. The summed E-state index contributed by atoms with van der Waals surface area (Å²) in [4.78, 5) is 27.8. The molecule has 2 aromatic rings. The van der Waals surface area contributed by atoms with E-state index in [0.717, 1.165) is 28.3 Å². The fraction of sp³-hybridized carbons (Fsp3) is 0.267. The summed E-state index contributed by atoms with van der Waals surface area (Å²) >= 11 is 1.10. The second-order valence-electron chi connectivity index (χ2n) is 4.88. The summed E-state index contributed by atoms with van der Waals surface area (Å²) in [6, 6.07) is 1.69. The number of carboxylic acid groups (broad SMARTS) is 1. The highest BCUT2D eigenvalue weighted by atomic mass is 32.1. The van der Waals surface area contributed by atoms with Gasteiger partial charge in [-0.05, 0) is 31.0 Å². The number of nitrogens with zero attached hydrogens (tertiary/aromatic N) is 1. The fourth-order valence-electron chi connectivity index (χ4n) is 2.18. The molecule has 0 radical (unpaired) electrons. The van der Waals surface area contributed by atoms with Gasteiger partial charge in [0.05, 0.1) is 11.1 Å². The van der Waals surface area contributed by atoms with Crippen LogP contribution in [0, 0.1) is 6.92 Å². The summed E-state index contributed by atoms with van der Waals surface area (Å²) in [5.41, 5.74) is -0.586. The minimum absolute atomic E-state index is 0.000242. The van der Waals surface area contributed by atoms with Crippen molar-refractivity contribution in [1.82, 2.24) is 4.98 Å². The molecule has 9 heteroatoms. The second kappa shape index (κ2) is 6.60. The van der Waals surface area contributed by atoms with Crippen molar-refractivity contribution in [2.45, 2.75) is 26.4 Å². The largest absolute Gasteiger partial charge is 0.478 e. The van der Waals surface area contributed by atoms with E-state index < -0.39 is 23.6 Å². The Morgan fingerprint density at radius 2 is 2.00 bits per heavy atom. The number of aromatic carboxylic acids is 1. The number of hydrogen-bond acceptors (Lipinski definition) is 4. The van der Waals surface area contributed by atoms with Crippen molar-refractivity contribution in [3.05, 3.63) is 45.6 Å². The summed E-state index contributed by atoms with van der Waals surface area (Å²) in [6.45, 7) is 3.53. The molecule has 1 amide bonds. The molecule has 0 saturated heterocycles. The molecule has 0 unspecified atom stereocenters. The van der Waals surface area contributed by atoms with Crippen LogP contribution >= 0.6 is 11.3 Å². The molecular weight excluding hydrogens is 345 g/mol. The van der Waals surface area contributed by atoms with Crippen LogP contribution in [-0.4, -0.2) is 22.0 Å². The maximum atomic E-state index is 12.5. The molecule has 5 nitrogen and oxygen atoms in total. The predicted molar refractivity (Wildman–Crippen MR) is 82.6 cm³/mol. The standard InChI is InChI=1S/C15H13F3N2O3S/c1-3-9-7(2)24-13(11(9)14(22)23)20-12(21)10-5-4-8(6-19-10)15(16,17)18/h4-6H,3H2,1-2H3,(H,20,21)(H,22,23). The van der Waals surface area contributed by atoms with Gasteiger partial charge in [0.1, 0.15) is 10.7 Å². The number of alkyl halides is 3. The molecule has 2 N–H and O–H groups in total. The van der Waals surface area contributed by atoms with Crippen LogP contribution in [0.15, 0.2) is 18.3 Å². The molecule has 0 saturated carbocycles. The number of anilines is 1. The zero-order valence-corrected chi connectivity index (χ0v) is 13.5. The average molecular weight is 358 g/mol. The molecule has 24 heavy (non-hydrogen) atoms. The molecule has 2 aromatic heterocycles. The van der Waals surface area contributed by atoms with Crippen LogP contribution < -0.4 is 5.32 Å². The highest BCUT2D eigenvalue weighted by Crippen LogP contribution is 2.34. The van der Waals surface area contributed by atoms with Gasteiger partial charge < -0.3 is 10.4 Å². The van der Waals surface area contributed by atoms with Gasteiger partial charge in [0, 0.05) is 11.1 Å². The number of aryl methyl sites for hydroxylation is 1. The molecule has 0 aliphatic heterocycles. The van der Waals surface area contributed by atoms with Crippen molar-refractivity contribution in [3.63, 3.8) is 0 Å². The van der Waals surface area contributed by atoms with Crippen LogP contribution in [0.4, 0.5) is 18.2 Å². The van der Waals surface area contributed by atoms with E-state index in [9.17, 15) is 27.9 Å². The van der Waals surface area contributed by atoms with Crippen LogP contribution in [0.5, 0.6) is 0 Å². The molecule has 0 aliphatic rings. The van der Waals surface area contributed by atoms with Crippen LogP contribution in [0.1, 0.15) is 43.8 Å². The van der Waals surface area contributed by atoms with E-state index in [1.807, 2.05) is 0 Å². The van der Waals surface area contributed by atoms with Gasteiger partial charge in [0.15, 0.2) is 0 Å². The minimum atomic E-state index is -4.54. The van der Waals surface area contributed by atoms with Crippen molar-refractivity contribution >= 4 is 28.2 Å². The Hall–Kier alpha value is -2.42. The zero-order valence-electron chi connectivity index (χ0n) is 12.7. The van der Waals surface area contributed by atoms with Crippen molar-refractivity contribution < 1.29 is 27.9 Å². The number of halogens is 3. The van der Waals surface area contributed by atoms with Crippen LogP contribution in [0.3, 0.4) is 0 Å². The number of thiophene rings is 1. The van der Waals surface area contributed by atoms with Crippen molar-refractivity contribution in [1.29, 1.82) is 0 Å². The predicted octanol–water partition coefficient (Wildman–Crippen LogP) is 3.98. The van der Waals surface area contributed by atoms with Gasteiger partial charge in [-0.25, -0.2) is 4.79 Å². The highest BCUT2D eigenvalue weighted by molar-refractivity contribution is 7.16. The summed E-state index contributed by atoms with van der Waals surface area (Å²) < 4.78 is 37.5. The summed E-state index contributed by atoms with van der Waals surface area (Å²) in [5.74, 6) is -1.94. The summed E-state index contributed by atoms with van der Waals surface area (Å²) in [6.07, 6.45) is -3.50. The van der Waals surface area contributed by atoms with E-state index in [0.29, 0.717) is 18.2 Å². The molecule has 128 valence electrons. The number of carbonyl (C=O) groups is 2. The molecule has 2 heterocycles.